The molecule has 3 aromatic rings. The monoisotopic (exact) mass is 531 g/mol. The van der Waals surface area contributed by atoms with E-state index >= 15 is 0 Å². The Bertz CT molecular complexity index is 1450. The van der Waals surface area contributed by atoms with Crippen molar-refractivity contribution in [2.75, 3.05) is 15.5 Å². The van der Waals surface area contributed by atoms with Crippen molar-refractivity contribution in [3.8, 4) is 0 Å². The van der Waals surface area contributed by atoms with Crippen molar-refractivity contribution in [3.63, 3.8) is 0 Å². The normalized spacial score (nSPS) is 13.2. The number of aryl methyl sites for hydroxylation is 1. The van der Waals surface area contributed by atoms with Crippen molar-refractivity contribution in [2.24, 2.45) is 0 Å². The van der Waals surface area contributed by atoms with Gasteiger partial charge in [-0.05, 0) is 74.4 Å². The van der Waals surface area contributed by atoms with E-state index in [1.807, 2.05) is 19.1 Å². The molecule has 9 heteroatoms. The highest BCUT2D eigenvalue weighted by Crippen LogP contribution is 2.32. The zero-order chi connectivity index (χ0) is 27.4. The summed E-state index contributed by atoms with van der Waals surface area (Å²) >= 11 is 6.26. The zero-order valence-electron chi connectivity index (χ0n) is 21.1. The Kier molecular flexibility index (Phi) is 7.93. The predicted molar refractivity (Wildman–Crippen MR) is 146 cm³/mol. The van der Waals surface area contributed by atoms with Crippen molar-refractivity contribution in [1.29, 1.82) is 0 Å². The van der Waals surface area contributed by atoms with Crippen LogP contribution in [0.25, 0.3) is 0 Å². The molecule has 0 spiro atoms. The Labute approximate surface area is 225 Å². The lowest BCUT2D eigenvalue weighted by atomic mass is 10.1. The van der Waals surface area contributed by atoms with Gasteiger partial charge in [-0.25, -0.2) is 9.69 Å². The minimum atomic E-state index is -0.601. The van der Waals surface area contributed by atoms with Gasteiger partial charge in [-0.2, -0.15) is 0 Å². The molecule has 0 saturated heterocycles. The van der Waals surface area contributed by atoms with Crippen molar-refractivity contribution in [1.82, 2.24) is 0 Å². The van der Waals surface area contributed by atoms with Crippen LogP contribution in [0, 0.1) is 0 Å². The molecule has 1 aliphatic rings. The lowest BCUT2D eigenvalue weighted by Crippen LogP contribution is -2.33. The van der Waals surface area contributed by atoms with Crippen LogP contribution in [0.4, 0.5) is 17.1 Å². The molecule has 0 aliphatic carbocycles. The van der Waals surface area contributed by atoms with Crippen molar-refractivity contribution in [3.05, 3.63) is 100 Å². The molecule has 1 heterocycles. The van der Waals surface area contributed by atoms with Gasteiger partial charge in [0.2, 0.25) is 0 Å². The number of rotatable bonds is 8. The lowest BCUT2D eigenvalue weighted by molar-refractivity contribution is -0.120. The maximum Gasteiger partial charge on any atom is 0.338 e. The number of imide groups is 1. The van der Waals surface area contributed by atoms with Gasteiger partial charge in [0.15, 0.2) is 0 Å². The number of hydrogen-bond acceptors (Lipinski definition) is 6. The van der Waals surface area contributed by atoms with Crippen LogP contribution >= 0.6 is 11.6 Å². The van der Waals surface area contributed by atoms with Gasteiger partial charge in [-0.15, -0.1) is 0 Å². The van der Waals surface area contributed by atoms with Crippen LogP contribution in [0.3, 0.4) is 0 Å². The molecule has 0 fully saturated rings. The summed E-state index contributed by atoms with van der Waals surface area (Å²) in [6, 6.07) is 20.0. The summed E-state index contributed by atoms with van der Waals surface area (Å²) in [6.07, 6.45) is 0.384. The highest BCUT2D eigenvalue weighted by molar-refractivity contribution is 6.53. The van der Waals surface area contributed by atoms with E-state index in [-0.39, 0.29) is 16.8 Å². The van der Waals surface area contributed by atoms with Crippen LogP contribution in [-0.2, 0) is 20.7 Å². The number of esters is 1. The molecule has 8 nitrogen and oxygen atoms in total. The summed E-state index contributed by atoms with van der Waals surface area (Å²) in [5.74, 6) is -2.03. The average Bonchev–Trinajstić information content (AvgIpc) is 3.11. The molecule has 194 valence electrons. The molecule has 3 amide bonds. The summed E-state index contributed by atoms with van der Waals surface area (Å²) < 4.78 is 5.19. The fourth-order valence-electron chi connectivity index (χ4n) is 3.92. The molecule has 38 heavy (non-hydrogen) atoms. The molecule has 2 N–H and O–H groups in total. The molecular weight excluding hydrogens is 506 g/mol. The van der Waals surface area contributed by atoms with E-state index in [0.717, 1.165) is 10.5 Å². The summed E-state index contributed by atoms with van der Waals surface area (Å²) in [6.45, 7) is 5.45. The molecule has 0 unspecified atom stereocenters. The number of amides is 3. The van der Waals surface area contributed by atoms with Gasteiger partial charge < -0.3 is 15.4 Å². The number of ether oxygens (including phenoxy) is 1. The van der Waals surface area contributed by atoms with Crippen LogP contribution < -0.4 is 15.5 Å². The number of para-hydroxylation sites is 1. The fourth-order valence-corrected chi connectivity index (χ4v) is 4.13. The van der Waals surface area contributed by atoms with Gasteiger partial charge in [0.1, 0.15) is 10.7 Å². The first kappa shape index (κ1) is 26.6. The number of nitrogens with zero attached hydrogens (tertiary/aromatic N) is 1. The van der Waals surface area contributed by atoms with Gasteiger partial charge in [-0.1, -0.05) is 42.8 Å². The van der Waals surface area contributed by atoms with Gasteiger partial charge in [0, 0.05) is 16.9 Å². The van der Waals surface area contributed by atoms with Crippen molar-refractivity contribution in [2.45, 2.75) is 33.3 Å². The molecule has 1 aliphatic heterocycles. The third-order valence-corrected chi connectivity index (χ3v) is 6.11. The number of nitrogens with one attached hydrogen (secondary N) is 2. The second-order valence-electron chi connectivity index (χ2n) is 8.81. The molecular formula is C29H26ClN3O5. The highest BCUT2D eigenvalue weighted by atomic mass is 35.5. The van der Waals surface area contributed by atoms with E-state index in [0.29, 0.717) is 34.6 Å². The van der Waals surface area contributed by atoms with Crippen LogP contribution in [0.1, 0.15) is 47.1 Å². The SMILES string of the molecule is CCc1ccccc1N1C(=O)C(Cl)=C(Nc2ccc(C(=O)Nc3cccc(C(=O)OC(C)C)c3)cc2)C1=O. The molecule has 4 rings (SSSR count). The van der Waals surface area contributed by atoms with Gasteiger partial charge in [0.25, 0.3) is 17.7 Å². The van der Waals surface area contributed by atoms with Crippen molar-refractivity contribution >= 4 is 52.4 Å². The van der Waals surface area contributed by atoms with E-state index < -0.39 is 23.7 Å². The molecule has 0 atom stereocenters. The van der Waals surface area contributed by atoms with Crippen LogP contribution in [-0.4, -0.2) is 29.8 Å². The second kappa shape index (κ2) is 11.3. The van der Waals surface area contributed by atoms with Crippen LogP contribution in [0.5, 0.6) is 0 Å². The molecule has 0 aromatic heterocycles. The first-order chi connectivity index (χ1) is 18.2. The third kappa shape index (κ3) is 5.60. The first-order valence-electron chi connectivity index (χ1n) is 12.1. The third-order valence-electron chi connectivity index (χ3n) is 5.76. The smallest absolute Gasteiger partial charge is 0.338 e. The topological polar surface area (TPSA) is 105 Å². The Hall–Kier alpha value is -4.43. The van der Waals surface area contributed by atoms with Gasteiger partial charge >= 0.3 is 5.97 Å². The summed E-state index contributed by atoms with van der Waals surface area (Å²) in [7, 11) is 0. The maximum absolute atomic E-state index is 13.1. The number of anilines is 3. The zero-order valence-corrected chi connectivity index (χ0v) is 21.8. The second-order valence-corrected chi connectivity index (χ2v) is 9.19. The Morgan fingerprint density at radius 2 is 1.61 bits per heavy atom. The van der Waals surface area contributed by atoms with E-state index in [1.54, 1.807) is 68.4 Å². The summed E-state index contributed by atoms with van der Waals surface area (Å²) in [5, 5.41) is 5.45. The standard InChI is InChI=1S/C29H26ClN3O5/c1-4-18-8-5-6-11-23(18)33-27(35)24(30)25(28(33)36)31-21-14-12-19(13-15-21)26(34)32-22-10-7-9-20(16-22)29(37)38-17(2)3/h5-17,31H,4H2,1-3H3,(H,32,34). The van der Waals surface area contributed by atoms with E-state index in [9.17, 15) is 19.2 Å². The maximum atomic E-state index is 13.1. The predicted octanol–water partition coefficient (Wildman–Crippen LogP) is 5.50. The fraction of sp³-hybridized carbons (Fsp3) is 0.172. The van der Waals surface area contributed by atoms with Crippen LogP contribution in [0.2, 0.25) is 0 Å². The first-order valence-corrected chi connectivity index (χ1v) is 12.4. The minimum Gasteiger partial charge on any atom is -0.459 e. The van der Waals surface area contributed by atoms with E-state index in [4.69, 9.17) is 16.3 Å². The number of hydrogen-bond donors (Lipinski definition) is 2. The molecule has 0 radical (unpaired) electrons. The minimum absolute atomic E-state index is 0.0372. The Morgan fingerprint density at radius 3 is 2.29 bits per heavy atom. The quantitative estimate of drug-likeness (QED) is 0.294. The van der Waals surface area contributed by atoms with Gasteiger partial charge in [-0.3, -0.25) is 14.4 Å². The number of carbonyl (C=O) groups excluding carboxylic acids is 4. The average molecular weight is 532 g/mol. The lowest BCUT2D eigenvalue weighted by Gasteiger charge is -2.18. The van der Waals surface area contributed by atoms with Gasteiger partial charge in [0.05, 0.1) is 17.4 Å². The molecule has 0 bridgehead atoms. The highest BCUT2D eigenvalue weighted by Gasteiger charge is 2.39. The number of halogens is 1. The van der Waals surface area contributed by atoms with E-state index in [1.165, 1.54) is 6.07 Å². The van der Waals surface area contributed by atoms with E-state index in [2.05, 4.69) is 10.6 Å². The molecule has 3 aromatic carbocycles. The molecule has 0 saturated carbocycles. The summed E-state index contributed by atoms with van der Waals surface area (Å²) in [5.41, 5.74) is 2.89. The largest absolute Gasteiger partial charge is 0.459 e. The number of carbonyl (C=O) groups is 4. The summed E-state index contributed by atoms with van der Waals surface area (Å²) in [4.78, 5) is 51.9. The van der Waals surface area contributed by atoms with Crippen molar-refractivity contribution < 1.29 is 23.9 Å². The number of benzene rings is 3. The Morgan fingerprint density at radius 1 is 0.895 bits per heavy atom. The Balaban J connectivity index is 1.45. The van der Waals surface area contributed by atoms with Crippen LogP contribution in [0.15, 0.2) is 83.5 Å².